The van der Waals surface area contributed by atoms with Crippen molar-refractivity contribution in [2.75, 3.05) is 0 Å². The molecule has 3 rings (SSSR count). The van der Waals surface area contributed by atoms with Crippen molar-refractivity contribution < 1.29 is 4.42 Å². The number of halogens is 1. The summed E-state index contributed by atoms with van der Waals surface area (Å²) in [5.74, 6) is 0.442. The van der Waals surface area contributed by atoms with Crippen molar-refractivity contribution in [3.8, 4) is 17.5 Å². The van der Waals surface area contributed by atoms with E-state index in [1.165, 1.54) is 17.3 Å². The van der Waals surface area contributed by atoms with E-state index in [1.807, 2.05) is 55.5 Å². The minimum Gasteiger partial charge on any atom is -0.411 e. The molecular weight excluding hydrogens is 386 g/mol. The van der Waals surface area contributed by atoms with E-state index in [2.05, 4.69) is 32.2 Å². The third kappa shape index (κ3) is 4.05. The lowest BCUT2D eigenvalue weighted by molar-refractivity contribution is 0.465. The highest BCUT2D eigenvalue weighted by Crippen LogP contribution is 2.31. The average Bonchev–Trinajstić information content (AvgIpc) is 3.05. The largest absolute Gasteiger partial charge is 0.411 e. The summed E-state index contributed by atoms with van der Waals surface area (Å²) in [4.78, 5) is 0. The number of aryl methyl sites for hydroxylation is 1. The molecule has 0 amide bonds. The van der Waals surface area contributed by atoms with E-state index in [0.29, 0.717) is 17.5 Å². The molecule has 6 heteroatoms. The Labute approximate surface area is 153 Å². The van der Waals surface area contributed by atoms with Gasteiger partial charge in [-0.15, -0.1) is 10.2 Å². The molecule has 120 valence electrons. The lowest BCUT2D eigenvalue weighted by Crippen LogP contribution is -2.03. The second-order valence-corrected chi connectivity index (χ2v) is 7.29. The van der Waals surface area contributed by atoms with Gasteiger partial charge in [0.2, 0.25) is 5.89 Å². The summed E-state index contributed by atoms with van der Waals surface area (Å²) in [7, 11) is 0. The highest BCUT2D eigenvalue weighted by molar-refractivity contribution is 9.10. The zero-order valence-electron chi connectivity index (χ0n) is 12.9. The van der Waals surface area contributed by atoms with Crippen LogP contribution in [0.4, 0.5) is 0 Å². The Kier molecular flexibility index (Phi) is 5.34. The van der Waals surface area contributed by atoms with Crippen molar-refractivity contribution in [3.05, 3.63) is 64.1 Å². The van der Waals surface area contributed by atoms with Gasteiger partial charge in [-0.1, -0.05) is 42.0 Å². The summed E-state index contributed by atoms with van der Waals surface area (Å²) in [5.41, 5.74) is 3.16. The molecule has 1 atom stereocenters. The Bertz CT molecular complexity index is 870. The molecule has 1 aromatic heterocycles. The Morgan fingerprint density at radius 2 is 1.92 bits per heavy atom. The van der Waals surface area contributed by atoms with E-state index in [-0.39, 0.29) is 5.25 Å². The number of thioether (sulfide) groups is 1. The summed E-state index contributed by atoms with van der Waals surface area (Å²) >= 11 is 4.76. The van der Waals surface area contributed by atoms with Crippen LogP contribution in [0.2, 0.25) is 0 Å². The highest BCUT2D eigenvalue weighted by atomic mass is 79.9. The van der Waals surface area contributed by atoms with Crippen LogP contribution >= 0.6 is 27.7 Å². The molecule has 0 saturated heterocycles. The normalized spacial score (nSPS) is 11.9. The lowest BCUT2D eigenvalue weighted by Gasteiger charge is -2.06. The Morgan fingerprint density at radius 1 is 1.17 bits per heavy atom. The van der Waals surface area contributed by atoms with E-state index in [9.17, 15) is 5.26 Å². The van der Waals surface area contributed by atoms with Crippen LogP contribution in [0.3, 0.4) is 0 Å². The summed E-state index contributed by atoms with van der Waals surface area (Å²) in [6, 6.07) is 18.1. The van der Waals surface area contributed by atoms with Crippen LogP contribution in [-0.2, 0) is 6.42 Å². The second-order valence-electron chi connectivity index (χ2n) is 5.28. The van der Waals surface area contributed by atoms with Crippen LogP contribution in [0.15, 0.2) is 62.6 Å². The van der Waals surface area contributed by atoms with Crippen LogP contribution in [0.1, 0.15) is 11.1 Å². The minimum atomic E-state index is -0.278. The molecule has 2 aromatic carbocycles. The Balaban J connectivity index is 1.72. The maximum atomic E-state index is 9.40. The average molecular weight is 400 g/mol. The maximum absolute atomic E-state index is 9.40. The molecule has 0 bridgehead atoms. The van der Waals surface area contributed by atoms with Gasteiger partial charge in [-0.2, -0.15) is 5.26 Å². The number of rotatable bonds is 5. The zero-order valence-corrected chi connectivity index (χ0v) is 15.3. The third-order valence-corrected chi connectivity index (χ3v) is 5.05. The Morgan fingerprint density at radius 3 is 2.62 bits per heavy atom. The maximum Gasteiger partial charge on any atom is 0.278 e. The first-order valence-electron chi connectivity index (χ1n) is 7.36. The fourth-order valence-electron chi connectivity index (χ4n) is 2.17. The molecule has 0 spiro atoms. The van der Waals surface area contributed by atoms with Crippen LogP contribution in [-0.4, -0.2) is 15.4 Å². The van der Waals surface area contributed by atoms with Gasteiger partial charge in [-0.25, -0.2) is 0 Å². The first-order chi connectivity index (χ1) is 11.7. The number of hydrogen-bond donors (Lipinski definition) is 0. The van der Waals surface area contributed by atoms with Crippen molar-refractivity contribution >= 4 is 27.7 Å². The number of nitriles is 1. The predicted molar refractivity (Wildman–Crippen MR) is 97.6 cm³/mol. The predicted octanol–water partition coefficient (Wildman–Crippen LogP) is 5.03. The van der Waals surface area contributed by atoms with Gasteiger partial charge < -0.3 is 4.42 Å². The van der Waals surface area contributed by atoms with E-state index in [0.717, 1.165) is 15.6 Å². The standard InChI is InChI=1S/C18H14BrN3OS/c1-12-6-8-13(9-7-12)10-14(11-20)24-18-22-21-17(23-18)15-4-2-3-5-16(15)19/h2-9,14H,10H2,1H3/t14-/m1/s1. The van der Waals surface area contributed by atoms with Crippen LogP contribution in [0.5, 0.6) is 0 Å². The van der Waals surface area contributed by atoms with Crippen LogP contribution in [0.25, 0.3) is 11.5 Å². The number of aromatic nitrogens is 2. The number of nitrogens with zero attached hydrogens (tertiary/aromatic N) is 3. The van der Waals surface area contributed by atoms with Gasteiger partial charge in [0.1, 0.15) is 5.25 Å². The molecular formula is C18H14BrN3OS. The molecule has 0 aliphatic rings. The van der Waals surface area contributed by atoms with Gasteiger partial charge in [0, 0.05) is 4.47 Å². The molecule has 4 nitrogen and oxygen atoms in total. The second kappa shape index (κ2) is 7.65. The molecule has 0 unspecified atom stereocenters. The van der Waals surface area contributed by atoms with Crippen molar-refractivity contribution in [2.24, 2.45) is 0 Å². The van der Waals surface area contributed by atoms with Gasteiger partial charge in [-0.05, 0) is 58.7 Å². The van der Waals surface area contributed by atoms with Gasteiger partial charge in [-0.3, -0.25) is 0 Å². The zero-order chi connectivity index (χ0) is 16.9. The summed E-state index contributed by atoms with van der Waals surface area (Å²) in [6.45, 7) is 2.04. The molecule has 3 aromatic rings. The van der Waals surface area contributed by atoms with Crippen molar-refractivity contribution in [2.45, 2.75) is 23.8 Å². The van der Waals surface area contributed by atoms with Crippen molar-refractivity contribution in [3.63, 3.8) is 0 Å². The van der Waals surface area contributed by atoms with Gasteiger partial charge >= 0.3 is 0 Å². The van der Waals surface area contributed by atoms with E-state index in [4.69, 9.17) is 4.42 Å². The third-order valence-electron chi connectivity index (χ3n) is 3.44. The number of benzene rings is 2. The summed E-state index contributed by atoms with van der Waals surface area (Å²) in [6.07, 6.45) is 0.633. The summed E-state index contributed by atoms with van der Waals surface area (Å²) in [5, 5.41) is 17.7. The van der Waals surface area contributed by atoms with E-state index >= 15 is 0 Å². The first kappa shape index (κ1) is 16.7. The SMILES string of the molecule is Cc1ccc(C[C@H](C#N)Sc2nnc(-c3ccccc3Br)o2)cc1. The van der Waals surface area contributed by atoms with Gasteiger partial charge in [0.25, 0.3) is 5.22 Å². The fourth-order valence-corrected chi connectivity index (χ4v) is 3.42. The highest BCUT2D eigenvalue weighted by Gasteiger charge is 2.17. The smallest absolute Gasteiger partial charge is 0.278 e. The molecule has 0 aliphatic heterocycles. The van der Waals surface area contributed by atoms with Gasteiger partial charge in [0.15, 0.2) is 0 Å². The van der Waals surface area contributed by atoms with E-state index in [1.54, 1.807) is 0 Å². The van der Waals surface area contributed by atoms with Crippen molar-refractivity contribution in [1.29, 1.82) is 5.26 Å². The van der Waals surface area contributed by atoms with Crippen molar-refractivity contribution in [1.82, 2.24) is 10.2 Å². The minimum absolute atomic E-state index is 0.278. The molecule has 1 heterocycles. The molecule has 0 N–H and O–H groups in total. The monoisotopic (exact) mass is 399 g/mol. The molecule has 0 fully saturated rings. The Hall–Kier alpha value is -2.10. The molecule has 0 radical (unpaired) electrons. The molecule has 0 aliphatic carbocycles. The van der Waals surface area contributed by atoms with Crippen LogP contribution in [0, 0.1) is 18.3 Å². The van der Waals surface area contributed by atoms with Crippen LogP contribution < -0.4 is 0 Å². The molecule has 0 saturated carbocycles. The van der Waals surface area contributed by atoms with Gasteiger partial charge in [0.05, 0.1) is 11.6 Å². The lowest BCUT2D eigenvalue weighted by atomic mass is 10.1. The number of hydrogen-bond acceptors (Lipinski definition) is 5. The van der Waals surface area contributed by atoms with E-state index < -0.39 is 0 Å². The fraction of sp³-hybridized carbons (Fsp3) is 0.167. The molecule has 24 heavy (non-hydrogen) atoms. The quantitative estimate of drug-likeness (QED) is 0.562. The topological polar surface area (TPSA) is 62.7 Å². The first-order valence-corrected chi connectivity index (χ1v) is 9.03. The summed E-state index contributed by atoms with van der Waals surface area (Å²) < 4.78 is 6.59.